The summed E-state index contributed by atoms with van der Waals surface area (Å²) < 4.78 is 0. The van der Waals surface area contributed by atoms with E-state index in [1.54, 1.807) is 24.3 Å². The van der Waals surface area contributed by atoms with Crippen molar-refractivity contribution in [2.24, 2.45) is 5.73 Å². The number of phenolic OH excluding ortho intramolecular Hbond substituents is 2. The molecule has 0 aliphatic heterocycles. The quantitative estimate of drug-likeness (QED) is 0.400. The number of nitrogens with one attached hydrogen (secondary N) is 1. The van der Waals surface area contributed by atoms with Gasteiger partial charge in [0.2, 0.25) is 5.78 Å². The van der Waals surface area contributed by atoms with Gasteiger partial charge in [-0.1, -0.05) is 24.3 Å². The molecule has 27 heavy (non-hydrogen) atoms. The first-order valence-electron chi connectivity index (χ1n) is 8.13. The van der Waals surface area contributed by atoms with Crippen molar-refractivity contribution >= 4 is 39.6 Å². The summed E-state index contributed by atoms with van der Waals surface area (Å²) in [6.45, 7) is 0.519. The first kappa shape index (κ1) is 17.2. The normalized spacial score (nSPS) is 12.8. The van der Waals surface area contributed by atoms with Crippen LogP contribution in [0, 0.1) is 0 Å². The van der Waals surface area contributed by atoms with Gasteiger partial charge in [-0.05, 0) is 6.07 Å². The van der Waals surface area contributed by atoms with E-state index in [2.05, 4.69) is 5.32 Å². The zero-order chi connectivity index (χ0) is 19.3. The summed E-state index contributed by atoms with van der Waals surface area (Å²) in [4.78, 5) is 38.3. The van der Waals surface area contributed by atoms with Crippen LogP contribution >= 0.6 is 11.3 Å². The highest BCUT2D eigenvalue weighted by molar-refractivity contribution is 7.16. The minimum Gasteiger partial charge on any atom is -0.506 e. The Morgan fingerprint density at radius 1 is 1.04 bits per heavy atom. The van der Waals surface area contributed by atoms with Gasteiger partial charge in [0.05, 0.1) is 20.9 Å². The average Bonchev–Trinajstić information content (AvgIpc) is 3.13. The maximum Gasteiger partial charge on any atom is 0.261 e. The molecule has 1 aliphatic carbocycles. The van der Waals surface area contributed by atoms with Crippen LogP contribution in [0.3, 0.4) is 0 Å². The number of nitrogens with two attached hydrogens (primary N) is 1. The Morgan fingerprint density at radius 3 is 2.22 bits per heavy atom. The van der Waals surface area contributed by atoms with E-state index in [1.807, 2.05) is 0 Å². The van der Waals surface area contributed by atoms with Gasteiger partial charge in [-0.3, -0.25) is 14.4 Å². The molecular formula is C19H14N2O5S. The molecule has 0 saturated heterocycles. The van der Waals surface area contributed by atoms with Gasteiger partial charge in [-0.15, -0.1) is 11.3 Å². The van der Waals surface area contributed by atoms with Crippen molar-refractivity contribution in [2.75, 3.05) is 13.1 Å². The maximum absolute atomic E-state index is 13.0. The summed E-state index contributed by atoms with van der Waals surface area (Å²) in [5, 5.41) is 24.3. The highest BCUT2D eigenvalue weighted by Crippen LogP contribution is 2.45. The van der Waals surface area contributed by atoms with Crippen molar-refractivity contribution in [2.45, 2.75) is 0 Å². The molecule has 7 nitrogen and oxygen atoms in total. The van der Waals surface area contributed by atoms with Crippen LogP contribution in [-0.2, 0) is 0 Å². The third-order valence-corrected chi connectivity index (χ3v) is 5.58. The smallest absolute Gasteiger partial charge is 0.261 e. The van der Waals surface area contributed by atoms with Crippen molar-refractivity contribution in [3.63, 3.8) is 0 Å². The van der Waals surface area contributed by atoms with Crippen LogP contribution in [0.25, 0.3) is 10.8 Å². The zero-order valence-electron chi connectivity index (χ0n) is 13.9. The Labute approximate surface area is 157 Å². The first-order valence-corrected chi connectivity index (χ1v) is 8.95. The molecule has 5 N–H and O–H groups in total. The van der Waals surface area contributed by atoms with E-state index in [0.717, 1.165) is 11.3 Å². The van der Waals surface area contributed by atoms with Gasteiger partial charge >= 0.3 is 0 Å². The van der Waals surface area contributed by atoms with Gasteiger partial charge in [0.15, 0.2) is 5.78 Å². The number of aromatic hydroxyl groups is 2. The van der Waals surface area contributed by atoms with Gasteiger partial charge in [-0.2, -0.15) is 0 Å². The van der Waals surface area contributed by atoms with Gasteiger partial charge in [-0.25, -0.2) is 0 Å². The van der Waals surface area contributed by atoms with Crippen molar-refractivity contribution in [1.29, 1.82) is 0 Å². The molecule has 0 spiro atoms. The van der Waals surface area contributed by atoms with E-state index in [4.69, 9.17) is 5.73 Å². The summed E-state index contributed by atoms with van der Waals surface area (Å²) in [5.74, 6) is -2.36. The second kappa shape index (κ2) is 6.19. The fourth-order valence-corrected chi connectivity index (χ4v) is 4.22. The highest BCUT2D eigenvalue weighted by atomic mass is 32.1. The largest absolute Gasteiger partial charge is 0.506 e. The molecule has 1 amide bonds. The first-order chi connectivity index (χ1) is 13.0. The van der Waals surface area contributed by atoms with Crippen LogP contribution < -0.4 is 11.1 Å². The third kappa shape index (κ3) is 2.42. The second-order valence-corrected chi connectivity index (χ2v) is 7.10. The second-order valence-electron chi connectivity index (χ2n) is 6.05. The summed E-state index contributed by atoms with van der Waals surface area (Å²) in [6.07, 6.45) is 0. The molecule has 0 atom stereocenters. The SMILES string of the molecule is NCCNC(=O)c1cc2c(s1)C(=O)c1c(c(O)c3ccccc3c1O)C2=O. The Balaban J connectivity index is 1.93. The fourth-order valence-electron chi connectivity index (χ4n) is 3.21. The molecule has 8 heteroatoms. The van der Waals surface area contributed by atoms with E-state index in [-0.39, 0.29) is 61.8 Å². The lowest BCUT2D eigenvalue weighted by Crippen LogP contribution is -2.28. The van der Waals surface area contributed by atoms with E-state index >= 15 is 0 Å². The van der Waals surface area contributed by atoms with Crippen molar-refractivity contribution < 1.29 is 24.6 Å². The van der Waals surface area contributed by atoms with Crippen LogP contribution in [0.1, 0.15) is 40.8 Å². The number of rotatable bonds is 3. The van der Waals surface area contributed by atoms with Crippen LogP contribution in [-0.4, -0.2) is 40.8 Å². The minimum atomic E-state index is -0.604. The van der Waals surface area contributed by atoms with Crippen LogP contribution in [0.5, 0.6) is 11.5 Å². The molecular weight excluding hydrogens is 368 g/mol. The summed E-state index contributed by atoms with van der Waals surface area (Å²) in [6, 6.07) is 7.74. The van der Waals surface area contributed by atoms with Crippen LogP contribution in [0.2, 0.25) is 0 Å². The molecule has 0 saturated carbocycles. The van der Waals surface area contributed by atoms with E-state index in [1.165, 1.54) is 6.07 Å². The van der Waals surface area contributed by atoms with E-state index in [0.29, 0.717) is 0 Å². The van der Waals surface area contributed by atoms with Gasteiger partial charge in [0.25, 0.3) is 5.91 Å². The molecule has 3 aromatic rings. The summed E-state index contributed by atoms with van der Waals surface area (Å²) in [5.41, 5.74) is 4.93. The predicted molar refractivity (Wildman–Crippen MR) is 99.8 cm³/mol. The molecule has 2 aromatic carbocycles. The molecule has 136 valence electrons. The minimum absolute atomic E-state index is 0.0420. The number of hydrogen-bond donors (Lipinski definition) is 4. The molecule has 0 unspecified atom stereocenters. The van der Waals surface area contributed by atoms with Crippen molar-refractivity contribution in [3.8, 4) is 11.5 Å². The molecule has 0 radical (unpaired) electrons. The molecule has 1 aromatic heterocycles. The van der Waals surface area contributed by atoms with Crippen LogP contribution in [0.4, 0.5) is 0 Å². The van der Waals surface area contributed by atoms with Gasteiger partial charge in [0.1, 0.15) is 11.5 Å². The van der Waals surface area contributed by atoms with E-state index in [9.17, 15) is 24.6 Å². The number of fused-ring (bicyclic) bond motifs is 3. The lowest BCUT2D eigenvalue weighted by Gasteiger charge is -2.18. The number of carbonyl (C=O) groups is 3. The number of ketones is 2. The molecule has 1 aliphatic rings. The molecule has 0 bridgehead atoms. The van der Waals surface area contributed by atoms with Gasteiger partial charge < -0.3 is 21.3 Å². The van der Waals surface area contributed by atoms with Crippen LogP contribution in [0.15, 0.2) is 30.3 Å². The lowest BCUT2D eigenvalue weighted by molar-refractivity contribution is 0.0958. The monoisotopic (exact) mass is 382 g/mol. The zero-order valence-corrected chi connectivity index (χ0v) is 14.7. The predicted octanol–water partition coefficient (Wildman–Crippen LogP) is 1.78. The Bertz CT molecular complexity index is 1070. The van der Waals surface area contributed by atoms with Gasteiger partial charge in [0, 0.05) is 29.4 Å². The Kier molecular flexibility index (Phi) is 3.94. The maximum atomic E-state index is 13.0. The number of phenols is 2. The number of amides is 1. The standard InChI is InChI=1S/C19H14N2O5S/c20-5-6-21-19(26)11-7-10-16(24)12-13(17(25)18(10)27-11)15(23)9-4-2-1-3-8(9)14(12)22/h1-4,7,22-23H,5-6,20H2,(H,21,26). The molecule has 0 fully saturated rings. The third-order valence-electron chi connectivity index (χ3n) is 4.45. The Hall–Kier alpha value is -3.23. The van der Waals surface area contributed by atoms with E-state index < -0.39 is 17.5 Å². The number of hydrogen-bond acceptors (Lipinski definition) is 7. The average molecular weight is 382 g/mol. The highest BCUT2D eigenvalue weighted by Gasteiger charge is 2.38. The fraction of sp³-hybridized carbons (Fsp3) is 0.105. The number of carbonyl (C=O) groups excluding carboxylic acids is 3. The lowest BCUT2D eigenvalue weighted by atomic mass is 9.85. The Morgan fingerprint density at radius 2 is 1.63 bits per heavy atom. The summed E-state index contributed by atoms with van der Waals surface area (Å²) in [7, 11) is 0. The summed E-state index contributed by atoms with van der Waals surface area (Å²) >= 11 is 0.873. The molecule has 1 heterocycles. The topological polar surface area (TPSA) is 130 Å². The number of thiophene rings is 1. The molecule has 4 rings (SSSR count). The van der Waals surface area contributed by atoms with Crippen molar-refractivity contribution in [3.05, 3.63) is 56.8 Å². The van der Waals surface area contributed by atoms with Crippen molar-refractivity contribution in [1.82, 2.24) is 5.32 Å². The number of benzene rings is 2.